The Labute approximate surface area is 84.1 Å². The highest BCUT2D eigenvalue weighted by Gasteiger charge is 2.26. The minimum Gasteiger partial charge on any atom is -0.468 e. The second-order valence-electron chi connectivity index (χ2n) is 3.29. The van der Waals surface area contributed by atoms with Gasteiger partial charge in [-0.1, -0.05) is 6.42 Å². The maximum absolute atomic E-state index is 11.6. The van der Waals surface area contributed by atoms with Gasteiger partial charge in [0, 0.05) is 13.1 Å². The normalized spacial score (nSPS) is 19.2. The molecule has 0 radical (unpaired) electrons. The lowest BCUT2D eigenvalue weighted by atomic mass is 10.2. The van der Waals surface area contributed by atoms with E-state index >= 15 is 0 Å². The minimum absolute atomic E-state index is 0.527. The monoisotopic (exact) mass is 221 g/mol. The molecule has 0 spiro atoms. The maximum atomic E-state index is 11.6. The van der Waals surface area contributed by atoms with Gasteiger partial charge in [-0.15, -0.1) is 0 Å². The van der Waals surface area contributed by atoms with Crippen molar-refractivity contribution in [3.05, 3.63) is 0 Å². The highest BCUT2D eigenvalue weighted by atomic mass is 32.2. The summed E-state index contributed by atoms with van der Waals surface area (Å²) in [6.45, 7) is 1.05. The molecular formula is C8H15NO4S. The van der Waals surface area contributed by atoms with Crippen molar-refractivity contribution in [2.24, 2.45) is 0 Å². The zero-order valence-electron chi connectivity index (χ0n) is 8.23. The molecular weight excluding hydrogens is 206 g/mol. The van der Waals surface area contributed by atoms with Crippen LogP contribution in [0.4, 0.5) is 0 Å². The fraction of sp³-hybridized carbons (Fsp3) is 0.875. The molecule has 1 rings (SSSR count). The topological polar surface area (TPSA) is 63.7 Å². The Kier molecular flexibility index (Phi) is 3.88. The summed E-state index contributed by atoms with van der Waals surface area (Å²) in [4.78, 5) is 10.8. The summed E-state index contributed by atoms with van der Waals surface area (Å²) in [7, 11) is -2.25. The zero-order chi connectivity index (χ0) is 10.6. The molecule has 14 heavy (non-hydrogen) atoms. The van der Waals surface area contributed by atoms with Crippen molar-refractivity contribution < 1.29 is 17.9 Å². The minimum atomic E-state index is -3.44. The Balaban J connectivity index is 2.59. The molecule has 0 saturated carbocycles. The van der Waals surface area contributed by atoms with Crippen molar-refractivity contribution in [1.82, 2.24) is 4.31 Å². The van der Waals surface area contributed by atoms with Gasteiger partial charge in [0.15, 0.2) is 5.75 Å². The second kappa shape index (κ2) is 4.75. The number of carbonyl (C=O) groups excluding carboxylic acids is 1. The molecule has 0 bridgehead atoms. The number of carbonyl (C=O) groups is 1. The first-order valence-electron chi connectivity index (χ1n) is 4.61. The highest BCUT2D eigenvalue weighted by Crippen LogP contribution is 2.13. The van der Waals surface area contributed by atoms with Crippen molar-refractivity contribution in [2.75, 3.05) is 26.0 Å². The van der Waals surface area contributed by atoms with Crippen LogP contribution in [0.1, 0.15) is 19.3 Å². The van der Waals surface area contributed by atoms with Crippen LogP contribution in [-0.2, 0) is 19.6 Å². The molecule has 5 nitrogen and oxygen atoms in total. The van der Waals surface area contributed by atoms with E-state index in [4.69, 9.17) is 0 Å². The summed E-state index contributed by atoms with van der Waals surface area (Å²) in [5.74, 6) is -1.24. The van der Waals surface area contributed by atoms with Crippen molar-refractivity contribution in [3.63, 3.8) is 0 Å². The van der Waals surface area contributed by atoms with Crippen LogP contribution in [0.3, 0.4) is 0 Å². The summed E-state index contributed by atoms with van der Waals surface area (Å²) in [5, 5.41) is 0. The van der Waals surface area contributed by atoms with Crippen LogP contribution in [0.25, 0.3) is 0 Å². The maximum Gasteiger partial charge on any atom is 0.322 e. The summed E-state index contributed by atoms with van der Waals surface area (Å²) in [5.41, 5.74) is 0. The summed E-state index contributed by atoms with van der Waals surface area (Å²) in [6.07, 6.45) is 2.81. The van der Waals surface area contributed by atoms with Gasteiger partial charge in [-0.2, -0.15) is 0 Å². The Morgan fingerprint density at radius 1 is 1.29 bits per heavy atom. The van der Waals surface area contributed by atoms with E-state index < -0.39 is 21.7 Å². The standard InChI is InChI=1S/C8H15NO4S/c1-13-8(10)7-14(11,12)9-5-3-2-4-6-9/h2-7H2,1H3. The molecule has 0 aromatic carbocycles. The van der Waals surface area contributed by atoms with Gasteiger partial charge in [0.25, 0.3) is 0 Å². The lowest BCUT2D eigenvalue weighted by molar-refractivity contribution is -0.137. The van der Waals surface area contributed by atoms with Gasteiger partial charge < -0.3 is 4.74 Å². The van der Waals surface area contributed by atoms with Crippen LogP contribution in [0, 0.1) is 0 Å². The number of hydrogen-bond acceptors (Lipinski definition) is 4. The number of nitrogens with zero attached hydrogens (tertiary/aromatic N) is 1. The number of sulfonamides is 1. The number of esters is 1. The number of piperidine rings is 1. The molecule has 82 valence electrons. The van der Waals surface area contributed by atoms with E-state index in [1.54, 1.807) is 0 Å². The molecule has 1 fully saturated rings. The SMILES string of the molecule is COC(=O)CS(=O)(=O)N1CCCCC1. The number of methoxy groups -OCH3 is 1. The molecule has 0 N–H and O–H groups in total. The van der Waals surface area contributed by atoms with Gasteiger partial charge >= 0.3 is 5.97 Å². The number of rotatable bonds is 3. The quantitative estimate of drug-likeness (QED) is 0.628. The largest absolute Gasteiger partial charge is 0.468 e. The van der Waals surface area contributed by atoms with Crippen LogP contribution < -0.4 is 0 Å². The van der Waals surface area contributed by atoms with E-state index in [1.165, 1.54) is 11.4 Å². The van der Waals surface area contributed by atoms with Crippen molar-refractivity contribution in [1.29, 1.82) is 0 Å². The van der Waals surface area contributed by atoms with E-state index in [0.29, 0.717) is 13.1 Å². The van der Waals surface area contributed by atoms with Crippen molar-refractivity contribution in [3.8, 4) is 0 Å². The average molecular weight is 221 g/mol. The van der Waals surface area contributed by atoms with Crippen LogP contribution in [0.5, 0.6) is 0 Å². The molecule has 0 aromatic heterocycles. The third kappa shape index (κ3) is 2.95. The molecule has 0 unspecified atom stereocenters. The summed E-state index contributed by atoms with van der Waals surface area (Å²) in [6, 6.07) is 0. The van der Waals surface area contributed by atoms with Crippen LogP contribution in [-0.4, -0.2) is 44.6 Å². The van der Waals surface area contributed by atoms with E-state index in [-0.39, 0.29) is 0 Å². The van der Waals surface area contributed by atoms with Crippen LogP contribution >= 0.6 is 0 Å². The molecule has 1 heterocycles. The lowest BCUT2D eigenvalue weighted by Crippen LogP contribution is -2.39. The van der Waals surface area contributed by atoms with E-state index in [9.17, 15) is 13.2 Å². The predicted octanol–water partition coefficient (Wildman–Crippen LogP) is -0.0249. The van der Waals surface area contributed by atoms with Gasteiger partial charge in [-0.25, -0.2) is 12.7 Å². The first-order valence-corrected chi connectivity index (χ1v) is 6.22. The number of ether oxygens (including phenoxy) is 1. The molecule has 0 atom stereocenters. The molecule has 0 aromatic rings. The third-order valence-electron chi connectivity index (χ3n) is 2.24. The van der Waals surface area contributed by atoms with Gasteiger partial charge in [0.1, 0.15) is 0 Å². The Hall–Kier alpha value is -0.620. The molecule has 1 saturated heterocycles. The number of hydrogen-bond donors (Lipinski definition) is 0. The van der Waals surface area contributed by atoms with Gasteiger partial charge in [-0.3, -0.25) is 4.79 Å². The van der Waals surface area contributed by atoms with E-state index in [0.717, 1.165) is 19.3 Å². The van der Waals surface area contributed by atoms with Crippen LogP contribution in [0.15, 0.2) is 0 Å². The Bertz CT molecular complexity index is 292. The van der Waals surface area contributed by atoms with Crippen LogP contribution in [0.2, 0.25) is 0 Å². The predicted molar refractivity (Wildman–Crippen MR) is 51.2 cm³/mol. The highest BCUT2D eigenvalue weighted by molar-refractivity contribution is 7.89. The van der Waals surface area contributed by atoms with Crippen molar-refractivity contribution in [2.45, 2.75) is 19.3 Å². The summed E-state index contributed by atoms with van der Waals surface area (Å²) >= 11 is 0. The van der Waals surface area contributed by atoms with E-state index in [1.807, 2.05) is 0 Å². The molecule has 6 heteroatoms. The first-order chi connectivity index (χ1) is 6.56. The zero-order valence-corrected chi connectivity index (χ0v) is 9.05. The molecule has 0 aliphatic carbocycles. The fourth-order valence-electron chi connectivity index (χ4n) is 1.44. The Morgan fingerprint density at radius 2 is 1.86 bits per heavy atom. The average Bonchev–Trinajstić information content (AvgIpc) is 2.18. The molecule has 1 aliphatic rings. The lowest BCUT2D eigenvalue weighted by Gasteiger charge is -2.25. The van der Waals surface area contributed by atoms with Gasteiger partial charge in [0.2, 0.25) is 10.0 Å². The smallest absolute Gasteiger partial charge is 0.322 e. The van der Waals surface area contributed by atoms with Gasteiger partial charge in [-0.05, 0) is 12.8 Å². The van der Waals surface area contributed by atoms with Crippen molar-refractivity contribution >= 4 is 16.0 Å². The van der Waals surface area contributed by atoms with E-state index in [2.05, 4.69) is 4.74 Å². The fourth-order valence-corrected chi connectivity index (χ4v) is 2.86. The summed E-state index contributed by atoms with van der Waals surface area (Å²) < 4.78 is 28.9. The van der Waals surface area contributed by atoms with Gasteiger partial charge in [0.05, 0.1) is 7.11 Å². The first kappa shape index (κ1) is 11.5. The molecule has 0 amide bonds. The molecule has 1 aliphatic heterocycles. The Morgan fingerprint density at radius 3 is 2.36 bits per heavy atom. The second-order valence-corrected chi connectivity index (χ2v) is 5.26. The third-order valence-corrected chi connectivity index (χ3v) is 3.99.